The van der Waals surface area contributed by atoms with E-state index in [1.807, 2.05) is 10.3 Å². The van der Waals surface area contributed by atoms with Crippen LogP contribution in [0.3, 0.4) is 0 Å². The molecule has 2 rings (SSSR count). The van der Waals surface area contributed by atoms with E-state index >= 15 is 0 Å². The lowest BCUT2D eigenvalue weighted by molar-refractivity contribution is 0.0667. The zero-order valence-electron chi connectivity index (χ0n) is 11.1. The Labute approximate surface area is 112 Å². The van der Waals surface area contributed by atoms with Gasteiger partial charge in [-0.05, 0) is 25.3 Å². The molecule has 0 aromatic carbocycles. The molecule has 1 atom stereocenters. The Morgan fingerprint density at radius 1 is 1.67 bits per heavy atom. The molecule has 1 N–H and O–H groups in total. The summed E-state index contributed by atoms with van der Waals surface area (Å²) in [6, 6.07) is 0.509. The van der Waals surface area contributed by atoms with Gasteiger partial charge in [0, 0.05) is 24.5 Å². The van der Waals surface area contributed by atoms with Crippen molar-refractivity contribution in [2.75, 3.05) is 19.6 Å². The molecule has 0 radical (unpaired) electrons. The van der Waals surface area contributed by atoms with Crippen LogP contribution in [0, 0.1) is 5.92 Å². The highest BCUT2D eigenvalue weighted by atomic mass is 32.1. The predicted molar refractivity (Wildman–Crippen MR) is 73.9 cm³/mol. The first-order chi connectivity index (χ1) is 8.66. The van der Waals surface area contributed by atoms with Crippen LogP contribution < -0.4 is 5.32 Å². The maximum Gasteiger partial charge on any atom is 0.273 e. The molecule has 0 bridgehead atoms. The Bertz CT molecular complexity index is 378. The number of rotatable bonds is 4. The van der Waals surface area contributed by atoms with Crippen LogP contribution in [0.4, 0.5) is 0 Å². The minimum absolute atomic E-state index is 0.0884. The molecule has 1 aliphatic heterocycles. The molecule has 1 unspecified atom stereocenters. The monoisotopic (exact) mass is 267 g/mol. The molecule has 2 heterocycles. The highest BCUT2D eigenvalue weighted by molar-refractivity contribution is 7.07. The Balaban J connectivity index is 1.88. The average Bonchev–Trinajstić information content (AvgIpc) is 2.89. The van der Waals surface area contributed by atoms with Gasteiger partial charge in [-0.3, -0.25) is 4.79 Å². The van der Waals surface area contributed by atoms with Crippen LogP contribution in [-0.4, -0.2) is 41.5 Å². The molecule has 0 saturated carbocycles. The molecule has 18 heavy (non-hydrogen) atoms. The molecule has 1 aromatic rings. The number of carbonyl (C=O) groups is 1. The second-order valence-corrected chi connectivity index (χ2v) is 5.91. The molecule has 4 nitrogen and oxygen atoms in total. The van der Waals surface area contributed by atoms with Crippen LogP contribution in [0.5, 0.6) is 0 Å². The van der Waals surface area contributed by atoms with E-state index in [-0.39, 0.29) is 5.91 Å². The minimum Gasteiger partial charge on any atom is -0.337 e. The Kier molecular flexibility index (Phi) is 4.72. The largest absolute Gasteiger partial charge is 0.337 e. The molecule has 1 saturated heterocycles. The van der Waals surface area contributed by atoms with Gasteiger partial charge in [0.1, 0.15) is 5.69 Å². The van der Waals surface area contributed by atoms with Gasteiger partial charge >= 0.3 is 0 Å². The number of piperidine rings is 1. The van der Waals surface area contributed by atoms with Crippen molar-refractivity contribution in [1.29, 1.82) is 0 Å². The average molecular weight is 267 g/mol. The molecule has 1 aromatic heterocycles. The van der Waals surface area contributed by atoms with E-state index in [4.69, 9.17) is 0 Å². The Morgan fingerprint density at radius 2 is 2.50 bits per heavy atom. The molecule has 5 heteroatoms. The van der Waals surface area contributed by atoms with Gasteiger partial charge in [0.05, 0.1) is 5.51 Å². The molecule has 0 spiro atoms. The molecular formula is C13H21N3OS. The van der Waals surface area contributed by atoms with Gasteiger partial charge in [0.15, 0.2) is 0 Å². The fourth-order valence-corrected chi connectivity index (χ4v) is 2.82. The maximum absolute atomic E-state index is 12.2. The third kappa shape index (κ3) is 3.53. The van der Waals surface area contributed by atoms with Gasteiger partial charge in [0.2, 0.25) is 0 Å². The van der Waals surface area contributed by atoms with E-state index in [2.05, 4.69) is 24.1 Å². The van der Waals surface area contributed by atoms with Crippen LogP contribution in [0.1, 0.15) is 37.2 Å². The minimum atomic E-state index is 0.0884. The molecule has 100 valence electrons. The topological polar surface area (TPSA) is 45.2 Å². The van der Waals surface area contributed by atoms with E-state index in [0.29, 0.717) is 17.7 Å². The number of aromatic nitrogens is 1. The molecule has 0 aliphatic carbocycles. The van der Waals surface area contributed by atoms with E-state index in [1.54, 1.807) is 5.51 Å². The second-order valence-electron chi connectivity index (χ2n) is 5.20. The third-order valence-corrected chi connectivity index (χ3v) is 3.86. The summed E-state index contributed by atoms with van der Waals surface area (Å²) < 4.78 is 0. The smallest absolute Gasteiger partial charge is 0.273 e. The van der Waals surface area contributed by atoms with Gasteiger partial charge < -0.3 is 10.2 Å². The fourth-order valence-electron chi connectivity index (χ4n) is 2.30. The summed E-state index contributed by atoms with van der Waals surface area (Å²) in [5, 5.41) is 5.29. The van der Waals surface area contributed by atoms with Crippen LogP contribution in [-0.2, 0) is 0 Å². The fraction of sp³-hybridized carbons (Fsp3) is 0.692. The summed E-state index contributed by atoms with van der Waals surface area (Å²) >= 11 is 1.48. The van der Waals surface area contributed by atoms with Crippen molar-refractivity contribution in [2.45, 2.75) is 32.7 Å². The zero-order valence-corrected chi connectivity index (χ0v) is 11.9. The number of amides is 1. The normalized spacial score (nSPS) is 20.4. The summed E-state index contributed by atoms with van der Waals surface area (Å²) in [6.45, 7) is 7.03. The zero-order chi connectivity index (χ0) is 13.0. The van der Waals surface area contributed by atoms with Crippen LogP contribution in [0.15, 0.2) is 10.9 Å². The number of carbonyl (C=O) groups excluding carboxylic acids is 1. The molecule has 1 fully saturated rings. The van der Waals surface area contributed by atoms with Crippen molar-refractivity contribution in [3.63, 3.8) is 0 Å². The number of nitrogens with one attached hydrogen (secondary N) is 1. The van der Waals surface area contributed by atoms with E-state index in [9.17, 15) is 4.79 Å². The van der Waals surface area contributed by atoms with E-state index < -0.39 is 0 Å². The second kappa shape index (κ2) is 6.29. The van der Waals surface area contributed by atoms with Crippen molar-refractivity contribution in [3.05, 3.63) is 16.6 Å². The SMILES string of the molecule is CC(C)NCC1CCCN(C(=O)c2cscn2)C1. The van der Waals surface area contributed by atoms with Crippen molar-refractivity contribution in [3.8, 4) is 0 Å². The third-order valence-electron chi connectivity index (χ3n) is 3.27. The Morgan fingerprint density at radius 3 is 3.17 bits per heavy atom. The lowest BCUT2D eigenvalue weighted by atomic mass is 9.97. The first kappa shape index (κ1) is 13.5. The van der Waals surface area contributed by atoms with Gasteiger partial charge in [-0.15, -0.1) is 11.3 Å². The first-order valence-electron chi connectivity index (χ1n) is 6.57. The summed E-state index contributed by atoms with van der Waals surface area (Å²) in [5.41, 5.74) is 2.31. The number of hydrogen-bond donors (Lipinski definition) is 1. The predicted octanol–water partition coefficient (Wildman–Crippen LogP) is 1.99. The highest BCUT2D eigenvalue weighted by Gasteiger charge is 2.25. The van der Waals surface area contributed by atoms with Crippen molar-refractivity contribution < 1.29 is 4.79 Å². The standard InChI is InChI=1S/C13H21N3OS/c1-10(2)14-6-11-4-3-5-16(7-11)13(17)12-8-18-9-15-12/h8-11,14H,3-7H2,1-2H3. The summed E-state index contributed by atoms with van der Waals surface area (Å²) in [5.74, 6) is 0.661. The molecule has 1 amide bonds. The summed E-state index contributed by atoms with van der Waals surface area (Å²) in [4.78, 5) is 18.2. The number of thiazole rings is 1. The first-order valence-corrected chi connectivity index (χ1v) is 7.52. The van der Waals surface area contributed by atoms with Crippen LogP contribution in [0.2, 0.25) is 0 Å². The number of likely N-dealkylation sites (tertiary alicyclic amines) is 1. The van der Waals surface area contributed by atoms with Crippen molar-refractivity contribution >= 4 is 17.2 Å². The van der Waals surface area contributed by atoms with E-state index in [0.717, 1.165) is 26.1 Å². The highest BCUT2D eigenvalue weighted by Crippen LogP contribution is 2.18. The van der Waals surface area contributed by atoms with Crippen LogP contribution in [0.25, 0.3) is 0 Å². The quantitative estimate of drug-likeness (QED) is 0.907. The van der Waals surface area contributed by atoms with Gasteiger partial charge in [-0.2, -0.15) is 0 Å². The van der Waals surface area contributed by atoms with Gasteiger partial charge in [-0.25, -0.2) is 4.98 Å². The summed E-state index contributed by atoms with van der Waals surface area (Å²) in [6.07, 6.45) is 2.31. The number of nitrogens with zero attached hydrogens (tertiary/aromatic N) is 2. The molecular weight excluding hydrogens is 246 g/mol. The molecule has 1 aliphatic rings. The lowest BCUT2D eigenvalue weighted by Gasteiger charge is -2.33. The van der Waals surface area contributed by atoms with Crippen LogP contribution >= 0.6 is 11.3 Å². The van der Waals surface area contributed by atoms with Crippen molar-refractivity contribution in [2.24, 2.45) is 5.92 Å². The lowest BCUT2D eigenvalue weighted by Crippen LogP contribution is -2.43. The summed E-state index contributed by atoms with van der Waals surface area (Å²) in [7, 11) is 0. The Hall–Kier alpha value is -0.940. The van der Waals surface area contributed by atoms with Gasteiger partial charge in [0.25, 0.3) is 5.91 Å². The van der Waals surface area contributed by atoms with Gasteiger partial charge in [-0.1, -0.05) is 13.8 Å². The number of hydrogen-bond acceptors (Lipinski definition) is 4. The van der Waals surface area contributed by atoms with E-state index in [1.165, 1.54) is 17.8 Å². The van der Waals surface area contributed by atoms with Crippen molar-refractivity contribution in [1.82, 2.24) is 15.2 Å². The maximum atomic E-state index is 12.2.